The Bertz CT molecular complexity index is 442. The van der Waals surface area contributed by atoms with Crippen molar-refractivity contribution in [3.63, 3.8) is 0 Å². The summed E-state index contributed by atoms with van der Waals surface area (Å²) in [5.74, 6) is 0.906. The molecule has 1 unspecified atom stereocenters. The Hall–Kier alpha value is -1.51. The van der Waals surface area contributed by atoms with E-state index in [0.29, 0.717) is 17.0 Å². The molecule has 1 aromatic rings. The fraction of sp³-hybridized carbons (Fsp3) is 0.533. The molecule has 18 heavy (non-hydrogen) atoms. The second-order valence-electron chi connectivity index (χ2n) is 5.14. The highest BCUT2D eigenvalue weighted by Gasteiger charge is 2.27. The van der Waals surface area contributed by atoms with Crippen LogP contribution in [0.25, 0.3) is 0 Å². The number of rotatable bonds is 3. The Morgan fingerprint density at radius 1 is 1.50 bits per heavy atom. The van der Waals surface area contributed by atoms with Crippen molar-refractivity contribution in [2.75, 3.05) is 13.1 Å². The van der Waals surface area contributed by atoms with E-state index < -0.39 is 0 Å². The lowest BCUT2D eigenvalue weighted by Crippen LogP contribution is -2.29. The number of phenols is 1. The maximum absolute atomic E-state index is 12.4. The number of phenolic OH excluding ortho intramolecular Hbond substituents is 1. The lowest BCUT2D eigenvalue weighted by atomic mass is 10.0. The molecule has 1 N–H and O–H groups in total. The van der Waals surface area contributed by atoms with E-state index >= 15 is 0 Å². The zero-order valence-electron chi connectivity index (χ0n) is 11.1. The van der Waals surface area contributed by atoms with Crippen molar-refractivity contribution in [2.45, 2.75) is 33.1 Å². The maximum Gasteiger partial charge on any atom is 0.254 e. The Morgan fingerprint density at radius 2 is 2.28 bits per heavy atom. The van der Waals surface area contributed by atoms with Gasteiger partial charge in [0.2, 0.25) is 0 Å². The van der Waals surface area contributed by atoms with Crippen LogP contribution >= 0.6 is 0 Å². The van der Waals surface area contributed by atoms with Gasteiger partial charge in [-0.15, -0.1) is 0 Å². The second-order valence-corrected chi connectivity index (χ2v) is 5.14. The smallest absolute Gasteiger partial charge is 0.254 e. The van der Waals surface area contributed by atoms with Crippen LogP contribution in [-0.4, -0.2) is 29.0 Å². The first-order valence-corrected chi connectivity index (χ1v) is 6.71. The summed E-state index contributed by atoms with van der Waals surface area (Å²) in [5.41, 5.74) is 1.31. The fourth-order valence-corrected chi connectivity index (χ4v) is 2.69. The molecule has 0 radical (unpaired) electrons. The van der Waals surface area contributed by atoms with Crippen LogP contribution in [0.4, 0.5) is 0 Å². The van der Waals surface area contributed by atoms with E-state index in [1.54, 1.807) is 25.1 Å². The van der Waals surface area contributed by atoms with E-state index in [1.807, 2.05) is 4.90 Å². The molecule has 3 heteroatoms. The van der Waals surface area contributed by atoms with E-state index in [-0.39, 0.29) is 11.7 Å². The van der Waals surface area contributed by atoms with E-state index in [1.165, 1.54) is 12.8 Å². The lowest BCUT2D eigenvalue weighted by Gasteiger charge is -2.18. The monoisotopic (exact) mass is 247 g/mol. The van der Waals surface area contributed by atoms with Crippen LogP contribution < -0.4 is 0 Å². The Morgan fingerprint density at radius 3 is 3.00 bits per heavy atom. The number of aromatic hydroxyl groups is 1. The summed E-state index contributed by atoms with van der Waals surface area (Å²) in [5, 5.41) is 9.66. The first-order valence-electron chi connectivity index (χ1n) is 6.71. The molecule has 0 bridgehead atoms. The molecule has 1 aliphatic rings. The number of benzene rings is 1. The van der Waals surface area contributed by atoms with E-state index in [0.717, 1.165) is 19.5 Å². The van der Waals surface area contributed by atoms with Gasteiger partial charge in [-0.1, -0.05) is 19.4 Å². The van der Waals surface area contributed by atoms with E-state index in [2.05, 4.69) is 6.92 Å². The normalized spacial score (nSPS) is 19.2. The molecular weight excluding hydrogens is 226 g/mol. The molecule has 1 amide bonds. The first-order chi connectivity index (χ1) is 8.63. The van der Waals surface area contributed by atoms with Crippen molar-refractivity contribution in [3.8, 4) is 5.75 Å². The molecule has 2 rings (SSSR count). The van der Waals surface area contributed by atoms with Gasteiger partial charge in [-0.25, -0.2) is 0 Å². The highest BCUT2D eigenvalue weighted by Crippen LogP contribution is 2.25. The van der Waals surface area contributed by atoms with Gasteiger partial charge in [-0.05, 0) is 37.8 Å². The highest BCUT2D eigenvalue weighted by atomic mass is 16.3. The molecule has 0 saturated carbocycles. The minimum Gasteiger partial charge on any atom is -0.508 e. The topological polar surface area (TPSA) is 40.5 Å². The van der Waals surface area contributed by atoms with Gasteiger partial charge in [0.05, 0.1) is 0 Å². The third-order valence-electron chi connectivity index (χ3n) is 3.81. The molecule has 1 atom stereocenters. The van der Waals surface area contributed by atoms with Crippen LogP contribution in [-0.2, 0) is 0 Å². The van der Waals surface area contributed by atoms with Gasteiger partial charge in [0.25, 0.3) is 5.91 Å². The van der Waals surface area contributed by atoms with Gasteiger partial charge in [-0.3, -0.25) is 4.79 Å². The van der Waals surface area contributed by atoms with Crippen LogP contribution in [0.2, 0.25) is 0 Å². The van der Waals surface area contributed by atoms with Crippen LogP contribution in [0.3, 0.4) is 0 Å². The summed E-state index contributed by atoms with van der Waals surface area (Å²) in [7, 11) is 0. The number of hydrogen-bond acceptors (Lipinski definition) is 2. The van der Waals surface area contributed by atoms with Gasteiger partial charge in [0, 0.05) is 24.2 Å². The van der Waals surface area contributed by atoms with Crippen molar-refractivity contribution < 1.29 is 9.90 Å². The van der Waals surface area contributed by atoms with E-state index in [9.17, 15) is 9.90 Å². The third-order valence-corrected chi connectivity index (χ3v) is 3.81. The minimum atomic E-state index is 0.0574. The van der Waals surface area contributed by atoms with Gasteiger partial charge in [-0.2, -0.15) is 0 Å². The van der Waals surface area contributed by atoms with E-state index in [4.69, 9.17) is 0 Å². The molecule has 3 nitrogen and oxygen atoms in total. The number of hydrogen-bond donors (Lipinski definition) is 1. The number of likely N-dealkylation sites (tertiary alicyclic amines) is 1. The van der Waals surface area contributed by atoms with Crippen LogP contribution in [0.1, 0.15) is 42.1 Å². The summed E-state index contributed by atoms with van der Waals surface area (Å²) in [6.45, 7) is 5.69. The molecule has 0 spiro atoms. The molecular formula is C15H21NO2. The zero-order chi connectivity index (χ0) is 13.1. The third kappa shape index (κ3) is 2.50. The van der Waals surface area contributed by atoms with Gasteiger partial charge < -0.3 is 10.0 Å². The second kappa shape index (κ2) is 5.42. The SMILES string of the molecule is CCCC1CCN(C(=O)c2cccc(O)c2C)C1. The minimum absolute atomic E-state index is 0.0574. The molecule has 1 heterocycles. The Labute approximate surface area is 108 Å². The zero-order valence-corrected chi connectivity index (χ0v) is 11.1. The summed E-state index contributed by atoms with van der Waals surface area (Å²) in [4.78, 5) is 14.3. The number of nitrogens with zero attached hydrogens (tertiary/aromatic N) is 1. The average molecular weight is 247 g/mol. The standard InChI is InChI=1S/C15H21NO2/c1-3-5-12-8-9-16(10-12)15(18)13-6-4-7-14(17)11(13)2/h4,6-7,12,17H,3,5,8-10H2,1-2H3. The molecule has 1 fully saturated rings. The summed E-state index contributed by atoms with van der Waals surface area (Å²) in [6, 6.07) is 5.15. The number of amides is 1. The van der Waals surface area contributed by atoms with Crippen molar-refractivity contribution in [2.24, 2.45) is 5.92 Å². The molecule has 0 aromatic heterocycles. The first kappa shape index (κ1) is 12.9. The highest BCUT2D eigenvalue weighted by molar-refractivity contribution is 5.96. The Kier molecular flexibility index (Phi) is 3.90. The molecule has 1 aliphatic heterocycles. The summed E-state index contributed by atoms with van der Waals surface area (Å²) >= 11 is 0. The molecule has 1 aromatic carbocycles. The Balaban J connectivity index is 2.11. The van der Waals surface area contributed by atoms with Gasteiger partial charge >= 0.3 is 0 Å². The van der Waals surface area contributed by atoms with Crippen LogP contribution in [0.15, 0.2) is 18.2 Å². The van der Waals surface area contributed by atoms with Crippen molar-refractivity contribution >= 4 is 5.91 Å². The average Bonchev–Trinajstić information content (AvgIpc) is 2.81. The van der Waals surface area contributed by atoms with Crippen LogP contribution in [0, 0.1) is 12.8 Å². The maximum atomic E-state index is 12.4. The molecule has 98 valence electrons. The van der Waals surface area contributed by atoms with Gasteiger partial charge in [0.1, 0.15) is 5.75 Å². The molecule has 1 saturated heterocycles. The quantitative estimate of drug-likeness (QED) is 0.892. The molecule has 0 aliphatic carbocycles. The lowest BCUT2D eigenvalue weighted by molar-refractivity contribution is 0.0785. The predicted octanol–water partition coefficient (Wildman–Crippen LogP) is 2.96. The van der Waals surface area contributed by atoms with Crippen molar-refractivity contribution in [1.82, 2.24) is 4.90 Å². The summed E-state index contributed by atoms with van der Waals surface area (Å²) < 4.78 is 0. The van der Waals surface area contributed by atoms with Crippen molar-refractivity contribution in [1.29, 1.82) is 0 Å². The fourth-order valence-electron chi connectivity index (χ4n) is 2.69. The number of carbonyl (C=O) groups excluding carboxylic acids is 1. The largest absolute Gasteiger partial charge is 0.508 e. The van der Waals surface area contributed by atoms with Crippen molar-refractivity contribution in [3.05, 3.63) is 29.3 Å². The van der Waals surface area contributed by atoms with Gasteiger partial charge in [0.15, 0.2) is 0 Å². The summed E-state index contributed by atoms with van der Waals surface area (Å²) in [6.07, 6.45) is 3.48. The predicted molar refractivity (Wildman–Crippen MR) is 71.8 cm³/mol. The van der Waals surface area contributed by atoms with Crippen LogP contribution in [0.5, 0.6) is 5.75 Å². The number of carbonyl (C=O) groups is 1.